The van der Waals surface area contributed by atoms with Crippen molar-refractivity contribution in [3.8, 4) is 0 Å². The Morgan fingerprint density at radius 3 is 2.76 bits per heavy atom. The van der Waals surface area contributed by atoms with Crippen molar-refractivity contribution in [2.45, 2.75) is 30.7 Å². The number of amides is 1. The van der Waals surface area contributed by atoms with Gasteiger partial charge in [-0.05, 0) is 19.8 Å². The Morgan fingerprint density at radius 1 is 1.57 bits per heavy atom. The van der Waals surface area contributed by atoms with Gasteiger partial charge in [0, 0.05) is 19.1 Å². The number of nitrogens with zero attached hydrogens (tertiary/aromatic N) is 2. The highest BCUT2D eigenvalue weighted by Crippen LogP contribution is 2.18. The van der Waals surface area contributed by atoms with E-state index < -0.39 is 10.0 Å². The van der Waals surface area contributed by atoms with Crippen LogP contribution in [0, 0.1) is 0 Å². The highest BCUT2D eigenvalue weighted by molar-refractivity contribution is 7.89. The Bertz CT molecular complexity index is 592. The second kappa shape index (κ2) is 6.31. The van der Waals surface area contributed by atoms with Crippen molar-refractivity contribution >= 4 is 21.9 Å². The minimum Gasteiger partial charge on any atom is -0.450 e. The topological polar surface area (TPSA) is 130 Å². The minimum atomic E-state index is -3.70. The molecule has 2 heterocycles. The monoisotopic (exact) mass is 317 g/mol. The number of hydrogen-bond acceptors (Lipinski definition) is 6. The summed E-state index contributed by atoms with van der Waals surface area (Å²) in [5.74, 6) is 0.00598. The van der Waals surface area contributed by atoms with Crippen molar-refractivity contribution < 1.29 is 17.9 Å². The lowest BCUT2D eigenvalue weighted by Gasteiger charge is -2.31. The second-order valence-electron chi connectivity index (χ2n) is 4.73. The number of piperidine rings is 1. The summed E-state index contributed by atoms with van der Waals surface area (Å²) in [6.07, 6.45) is 1.86. The van der Waals surface area contributed by atoms with Crippen LogP contribution in [0.15, 0.2) is 11.1 Å². The summed E-state index contributed by atoms with van der Waals surface area (Å²) in [5, 5.41) is 5.99. The number of nitrogens with two attached hydrogens (primary N) is 1. The lowest BCUT2D eigenvalue weighted by Crippen LogP contribution is -2.46. The molecule has 0 bridgehead atoms. The molecule has 0 unspecified atom stereocenters. The lowest BCUT2D eigenvalue weighted by atomic mass is 10.1. The van der Waals surface area contributed by atoms with Crippen LogP contribution in [-0.2, 0) is 14.8 Å². The quantitative estimate of drug-likeness (QED) is 0.710. The van der Waals surface area contributed by atoms with E-state index >= 15 is 0 Å². The number of anilines is 1. The minimum absolute atomic E-state index is 0.00598. The van der Waals surface area contributed by atoms with E-state index in [0.29, 0.717) is 32.5 Å². The number of carbonyl (C=O) groups excluding carboxylic acids is 1. The molecule has 1 aromatic rings. The molecule has 21 heavy (non-hydrogen) atoms. The molecule has 0 aliphatic carbocycles. The predicted octanol–water partition coefficient (Wildman–Crippen LogP) is -0.109. The highest BCUT2D eigenvalue weighted by Gasteiger charge is 2.28. The van der Waals surface area contributed by atoms with Gasteiger partial charge in [-0.1, -0.05) is 0 Å². The first-order chi connectivity index (χ1) is 9.94. The average molecular weight is 317 g/mol. The molecule has 0 radical (unpaired) electrons. The van der Waals surface area contributed by atoms with Gasteiger partial charge in [0.05, 0.1) is 12.8 Å². The smallest absolute Gasteiger partial charge is 0.409 e. The molecule has 0 aromatic carbocycles. The summed E-state index contributed by atoms with van der Waals surface area (Å²) in [7, 11) is -3.70. The third kappa shape index (κ3) is 3.64. The summed E-state index contributed by atoms with van der Waals surface area (Å²) in [6.45, 7) is 2.97. The van der Waals surface area contributed by atoms with Crippen molar-refractivity contribution in [2.24, 2.45) is 0 Å². The molecule has 1 saturated heterocycles. The van der Waals surface area contributed by atoms with Crippen LogP contribution in [0.25, 0.3) is 0 Å². The Balaban J connectivity index is 1.92. The normalized spacial score (nSPS) is 16.9. The maximum Gasteiger partial charge on any atom is 0.409 e. The second-order valence-corrected chi connectivity index (χ2v) is 6.41. The third-order valence-corrected chi connectivity index (χ3v) is 4.81. The average Bonchev–Trinajstić information content (AvgIpc) is 2.86. The molecular weight excluding hydrogens is 298 g/mol. The fraction of sp³-hybridized carbons (Fsp3) is 0.636. The van der Waals surface area contributed by atoms with Crippen molar-refractivity contribution in [1.82, 2.24) is 19.8 Å². The zero-order chi connectivity index (χ0) is 15.5. The number of H-pyrrole nitrogens is 1. The number of nitrogens with one attached hydrogen (secondary N) is 2. The summed E-state index contributed by atoms with van der Waals surface area (Å²) >= 11 is 0. The molecule has 0 spiro atoms. The van der Waals surface area contributed by atoms with Gasteiger partial charge in [-0.3, -0.25) is 5.10 Å². The van der Waals surface area contributed by atoms with Crippen molar-refractivity contribution in [3.63, 3.8) is 0 Å². The van der Waals surface area contributed by atoms with Gasteiger partial charge >= 0.3 is 6.09 Å². The summed E-state index contributed by atoms with van der Waals surface area (Å²) in [6, 6.07) is -0.241. The fourth-order valence-electron chi connectivity index (χ4n) is 2.18. The first-order valence-electron chi connectivity index (χ1n) is 6.67. The van der Waals surface area contributed by atoms with Crippen LogP contribution < -0.4 is 10.5 Å². The van der Waals surface area contributed by atoms with Gasteiger partial charge < -0.3 is 15.4 Å². The number of sulfonamides is 1. The number of ether oxygens (including phenoxy) is 1. The molecule has 1 aliphatic rings. The highest BCUT2D eigenvalue weighted by atomic mass is 32.2. The standard InChI is InChI=1S/C11H19N5O4S/c1-2-20-11(17)16-5-3-8(4-6-16)15-21(18,19)9-7-13-14-10(9)12/h7-8,15H,2-6H2,1H3,(H3,12,13,14). The van der Waals surface area contributed by atoms with E-state index in [1.807, 2.05) is 0 Å². The molecular formula is C11H19N5O4S. The van der Waals surface area contributed by atoms with Crippen LogP contribution in [-0.4, -0.2) is 55.3 Å². The molecule has 9 nitrogen and oxygen atoms in total. The Labute approximate surface area is 122 Å². The molecule has 0 saturated carbocycles. The van der Waals surface area contributed by atoms with E-state index in [1.54, 1.807) is 11.8 Å². The molecule has 1 fully saturated rings. The zero-order valence-electron chi connectivity index (χ0n) is 11.7. The Morgan fingerprint density at radius 2 is 2.24 bits per heavy atom. The molecule has 1 amide bonds. The predicted molar refractivity (Wildman–Crippen MR) is 74.9 cm³/mol. The molecule has 0 atom stereocenters. The SMILES string of the molecule is CCOC(=O)N1CCC(NS(=O)(=O)c2cn[nH]c2N)CC1. The number of nitrogen functional groups attached to an aromatic ring is 1. The van der Waals surface area contributed by atoms with Gasteiger partial charge in [-0.2, -0.15) is 5.10 Å². The third-order valence-electron chi connectivity index (χ3n) is 3.26. The van der Waals surface area contributed by atoms with Crippen LogP contribution in [0.4, 0.5) is 10.6 Å². The van der Waals surface area contributed by atoms with Crippen LogP contribution in [0.5, 0.6) is 0 Å². The van der Waals surface area contributed by atoms with Gasteiger partial charge in [0.15, 0.2) is 0 Å². The molecule has 2 rings (SSSR count). The number of likely N-dealkylation sites (tertiary alicyclic amines) is 1. The summed E-state index contributed by atoms with van der Waals surface area (Å²) in [4.78, 5) is 13.1. The fourth-order valence-corrected chi connectivity index (χ4v) is 3.50. The van der Waals surface area contributed by atoms with Gasteiger partial charge in [0.1, 0.15) is 10.7 Å². The number of carbonyl (C=O) groups is 1. The van der Waals surface area contributed by atoms with Gasteiger partial charge in [0.2, 0.25) is 10.0 Å². The van der Waals surface area contributed by atoms with E-state index in [-0.39, 0.29) is 22.8 Å². The number of aromatic amines is 1. The zero-order valence-corrected chi connectivity index (χ0v) is 12.5. The van der Waals surface area contributed by atoms with Crippen LogP contribution in [0.3, 0.4) is 0 Å². The van der Waals surface area contributed by atoms with Crippen LogP contribution >= 0.6 is 0 Å². The first-order valence-corrected chi connectivity index (χ1v) is 8.15. The van der Waals surface area contributed by atoms with Crippen molar-refractivity contribution in [3.05, 3.63) is 6.20 Å². The van der Waals surface area contributed by atoms with Crippen molar-refractivity contribution in [1.29, 1.82) is 0 Å². The van der Waals surface area contributed by atoms with E-state index in [2.05, 4.69) is 14.9 Å². The summed E-state index contributed by atoms with van der Waals surface area (Å²) < 4.78 is 31.8. The Kier molecular flexibility index (Phi) is 4.68. The molecule has 10 heteroatoms. The van der Waals surface area contributed by atoms with Gasteiger partial charge in [0.25, 0.3) is 0 Å². The van der Waals surface area contributed by atoms with E-state index in [9.17, 15) is 13.2 Å². The largest absolute Gasteiger partial charge is 0.450 e. The van der Waals surface area contributed by atoms with Gasteiger partial charge in [-0.15, -0.1) is 0 Å². The van der Waals surface area contributed by atoms with Crippen LogP contribution in [0.1, 0.15) is 19.8 Å². The molecule has 4 N–H and O–H groups in total. The lowest BCUT2D eigenvalue weighted by molar-refractivity contribution is 0.0966. The number of rotatable bonds is 4. The van der Waals surface area contributed by atoms with Crippen LogP contribution in [0.2, 0.25) is 0 Å². The maximum atomic E-state index is 12.1. The van der Waals surface area contributed by atoms with Gasteiger partial charge in [-0.25, -0.2) is 17.9 Å². The maximum absolute atomic E-state index is 12.1. The van der Waals surface area contributed by atoms with E-state index in [0.717, 1.165) is 0 Å². The number of hydrogen-bond donors (Lipinski definition) is 3. The Hall–Kier alpha value is -1.81. The molecule has 1 aliphatic heterocycles. The molecule has 118 valence electrons. The van der Waals surface area contributed by atoms with E-state index in [1.165, 1.54) is 6.20 Å². The first kappa shape index (κ1) is 15.6. The van der Waals surface area contributed by atoms with Crippen molar-refractivity contribution in [2.75, 3.05) is 25.4 Å². The number of aromatic nitrogens is 2. The van der Waals surface area contributed by atoms with E-state index in [4.69, 9.17) is 10.5 Å². The summed E-state index contributed by atoms with van der Waals surface area (Å²) in [5.41, 5.74) is 5.52. The molecule has 1 aromatic heterocycles.